The van der Waals surface area contributed by atoms with E-state index in [9.17, 15) is 14.9 Å². The van der Waals surface area contributed by atoms with Gasteiger partial charge in [-0.2, -0.15) is 5.01 Å². The smallest absolute Gasteiger partial charge is 0.297 e. The largest absolute Gasteiger partial charge is 0.495 e. The Morgan fingerprint density at radius 3 is 2.60 bits per heavy atom. The summed E-state index contributed by atoms with van der Waals surface area (Å²) in [5.41, 5.74) is 5.74. The Hall–Kier alpha value is -4.57. The lowest BCUT2D eigenvalue weighted by Gasteiger charge is -2.22. The normalized spacial score (nSPS) is 14.0. The number of ether oxygens (including phenoxy) is 1. The van der Waals surface area contributed by atoms with Crippen LogP contribution in [0.1, 0.15) is 16.7 Å². The van der Waals surface area contributed by atoms with Gasteiger partial charge >= 0.3 is 0 Å². The van der Waals surface area contributed by atoms with Gasteiger partial charge in [-0.15, -0.1) is 0 Å². The average molecular weight is 488 g/mol. The van der Waals surface area contributed by atoms with Crippen LogP contribution in [0.25, 0.3) is 6.08 Å². The van der Waals surface area contributed by atoms with Gasteiger partial charge in [0.15, 0.2) is 10.9 Å². The molecule has 0 aliphatic carbocycles. The van der Waals surface area contributed by atoms with Crippen LogP contribution in [0, 0.1) is 17.0 Å². The van der Waals surface area contributed by atoms with E-state index in [0.717, 1.165) is 5.56 Å². The fourth-order valence-electron chi connectivity index (χ4n) is 3.46. The lowest BCUT2D eigenvalue weighted by atomic mass is 10.1. The Morgan fingerprint density at radius 1 is 1.11 bits per heavy atom. The predicted molar refractivity (Wildman–Crippen MR) is 138 cm³/mol. The summed E-state index contributed by atoms with van der Waals surface area (Å²) in [5, 5.41) is 15.6. The minimum absolute atomic E-state index is 0.0791. The number of nitrogens with one attached hydrogen (secondary N) is 2. The summed E-state index contributed by atoms with van der Waals surface area (Å²) in [7, 11) is 1.56. The maximum Gasteiger partial charge on any atom is 0.297 e. The molecule has 0 bridgehead atoms. The van der Waals surface area contributed by atoms with E-state index in [0.29, 0.717) is 28.4 Å². The van der Waals surface area contributed by atoms with Gasteiger partial charge in [0.25, 0.3) is 11.6 Å². The number of carbonyl (C=O) groups excluding carboxylic acids is 1. The molecule has 0 unspecified atom stereocenters. The number of hydrogen-bond donors (Lipinski definition) is 2. The van der Waals surface area contributed by atoms with Crippen molar-refractivity contribution < 1.29 is 14.5 Å². The molecule has 0 fully saturated rings. The van der Waals surface area contributed by atoms with Crippen molar-refractivity contribution in [3.05, 3.63) is 105 Å². The van der Waals surface area contributed by atoms with E-state index >= 15 is 0 Å². The molecule has 35 heavy (non-hydrogen) atoms. The van der Waals surface area contributed by atoms with Gasteiger partial charge in [-0.3, -0.25) is 20.3 Å². The van der Waals surface area contributed by atoms with Crippen LogP contribution >= 0.6 is 12.2 Å². The first kappa shape index (κ1) is 23.6. The highest BCUT2D eigenvalue weighted by Gasteiger charge is 2.32. The monoisotopic (exact) mass is 487 g/mol. The molecule has 0 atom stereocenters. The van der Waals surface area contributed by atoms with Gasteiger partial charge in [0.1, 0.15) is 11.4 Å². The Labute approximate surface area is 206 Å². The number of aryl methyl sites for hydroxylation is 1. The summed E-state index contributed by atoms with van der Waals surface area (Å²) in [6, 6.07) is 20.7. The van der Waals surface area contributed by atoms with Gasteiger partial charge in [0.05, 0.1) is 17.7 Å². The molecular formula is C25H21N5O4S. The number of non-ortho nitro benzene ring substituents is 1. The van der Waals surface area contributed by atoms with Crippen molar-refractivity contribution in [3.63, 3.8) is 0 Å². The Balaban J connectivity index is 1.64. The summed E-state index contributed by atoms with van der Waals surface area (Å²) in [5.74, 6) is 0.471. The van der Waals surface area contributed by atoms with E-state index in [1.54, 1.807) is 19.2 Å². The third-order valence-corrected chi connectivity index (χ3v) is 5.29. The number of carbonyl (C=O) groups is 1. The number of nitro benzene ring substituents is 1. The molecule has 176 valence electrons. The third kappa shape index (κ3) is 5.33. The average Bonchev–Trinajstić information content (AvgIpc) is 3.14. The quantitative estimate of drug-likeness (QED) is 0.229. The zero-order valence-electron chi connectivity index (χ0n) is 18.9. The van der Waals surface area contributed by atoms with Crippen molar-refractivity contribution in [2.75, 3.05) is 12.4 Å². The lowest BCUT2D eigenvalue weighted by Crippen LogP contribution is -2.49. The van der Waals surface area contributed by atoms with Crippen molar-refractivity contribution >= 4 is 46.5 Å². The highest BCUT2D eigenvalue weighted by atomic mass is 32.1. The van der Waals surface area contributed by atoms with E-state index in [4.69, 9.17) is 17.0 Å². The fourth-order valence-corrected chi connectivity index (χ4v) is 3.66. The first-order valence-corrected chi connectivity index (χ1v) is 10.9. The second-order valence-electron chi connectivity index (χ2n) is 7.59. The minimum atomic E-state index is -0.491. The fraction of sp³-hybridized carbons (Fsp3) is 0.0800. The van der Waals surface area contributed by atoms with Crippen LogP contribution in [0.4, 0.5) is 11.4 Å². The molecular weight excluding hydrogens is 466 g/mol. The van der Waals surface area contributed by atoms with E-state index < -0.39 is 10.8 Å². The molecule has 3 aromatic carbocycles. The van der Waals surface area contributed by atoms with Crippen LogP contribution in [0.3, 0.4) is 0 Å². The Morgan fingerprint density at radius 2 is 1.89 bits per heavy atom. The second kappa shape index (κ2) is 10.1. The number of benzene rings is 3. The summed E-state index contributed by atoms with van der Waals surface area (Å²) < 4.78 is 5.38. The van der Waals surface area contributed by atoms with E-state index in [2.05, 4.69) is 15.7 Å². The molecule has 1 heterocycles. The van der Waals surface area contributed by atoms with Crippen molar-refractivity contribution in [1.29, 1.82) is 0 Å². The number of hydrazine groups is 1. The number of nitro groups is 1. The van der Waals surface area contributed by atoms with Crippen LogP contribution in [-0.4, -0.2) is 33.9 Å². The Kier molecular flexibility index (Phi) is 6.83. The van der Waals surface area contributed by atoms with Gasteiger partial charge in [-0.1, -0.05) is 48.5 Å². The number of aliphatic imine (C=N–C) groups is 1. The zero-order chi connectivity index (χ0) is 24.9. The lowest BCUT2D eigenvalue weighted by molar-refractivity contribution is -0.384. The summed E-state index contributed by atoms with van der Waals surface area (Å²) in [6.07, 6.45) is 1.50. The summed E-state index contributed by atoms with van der Waals surface area (Å²) in [6.45, 7) is 1.94. The van der Waals surface area contributed by atoms with E-state index in [1.807, 2.05) is 55.5 Å². The standard InChI is InChI=1S/C25H21N5O4S/c1-16-11-12-22(34-2)20(13-16)27-25(35)28-29-23(18-8-4-3-5-9-18)26-21(24(29)31)15-17-7-6-10-19(14-17)30(32)33/h3-15H,1-2H3,(H2,27,28,35)/b21-15-. The number of methoxy groups -OCH3 is 1. The molecule has 0 aromatic heterocycles. The van der Waals surface area contributed by atoms with E-state index in [-0.39, 0.29) is 16.5 Å². The third-order valence-electron chi connectivity index (χ3n) is 5.09. The van der Waals surface area contributed by atoms with Crippen LogP contribution in [0.15, 0.2) is 83.5 Å². The molecule has 9 nitrogen and oxygen atoms in total. The topological polar surface area (TPSA) is 109 Å². The number of nitrogens with zero attached hydrogens (tertiary/aromatic N) is 3. The van der Waals surface area contributed by atoms with Crippen LogP contribution in [-0.2, 0) is 4.79 Å². The van der Waals surface area contributed by atoms with Crippen molar-refractivity contribution in [2.24, 2.45) is 4.99 Å². The van der Waals surface area contributed by atoms with Crippen molar-refractivity contribution in [1.82, 2.24) is 10.4 Å². The van der Waals surface area contributed by atoms with Crippen LogP contribution < -0.4 is 15.5 Å². The number of anilines is 1. The van der Waals surface area contributed by atoms with Gasteiger partial charge in [0.2, 0.25) is 0 Å². The molecule has 0 saturated heterocycles. The summed E-state index contributed by atoms with van der Waals surface area (Å²) in [4.78, 5) is 28.5. The van der Waals surface area contributed by atoms with Crippen molar-refractivity contribution in [3.8, 4) is 5.75 Å². The molecule has 4 rings (SSSR count). The highest BCUT2D eigenvalue weighted by Crippen LogP contribution is 2.26. The summed E-state index contributed by atoms with van der Waals surface area (Å²) >= 11 is 5.47. The molecule has 1 amide bonds. The Bertz CT molecular complexity index is 1370. The molecule has 1 aliphatic heterocycles. The first-order valence-electron chi connectivity index (χ1n) is 10.5. The molecule has 0 saturated carbocycles. The maximum atomic E-state index is 13.3. The van der Waals surface area contributed by atoms with Gasteiger partial charge < -0.3 is 10.1 Å². The SMILES string of the molecule is COc1ccc(C)cc1NC(=S)NN1C(=O)/C(=C/c2cccc([N+](=O)[O-])c2)N=C1c1ccccc1. The molecule has 3 aromatic rings. The molecule has 0 radical (unpaired) electrons. The number of thiocarbonyl (C=S) groups is 1. The molecule has 0 spiro atoms. The second-order valence-corrected chi connectivity index (χ2v) is 8.00. The van der Waals surface area contributed by atoms with Gasteiger partial charge in [0, 0.05) is 17.7 Å². The zero-order valence-corrected chi connectivity index (χ0v) is 19.7. The van der Waals surface area contributed by atoms with Crippen LogP contribution in [0.5, 0.6) is 5.75 Å². The molecule has 1 aliphatic rings. The van der Waals surface area contributed by atoms with Gasteiger partial charge in [-0.05, 0) is 48.5 Å². The predicted octanol–water partition coefficient (Wildman–Crippen LogP) is 4.44. The number of rotatable bonds is 6. The van der Waals surface area contributed by atoms with Crippen LogP contribution in [0.2, 0.25) is 0 Å². The highest BCUT2D eigenvalue weighted by molar-refractivity contribution is 7.80. The van der Waals surface area contributed by atoms with Crippen molar-refractivity contribution in [2.45, 2.75) is 6.92 Å². The number of hydrogen-bond acceptors (Lipinski definition) is 6. The van der Waals surface area contributed by atoms with Gasteiger partial charge in [-0.25, -0.2) is 4.99 Å². The molecule has 2 N–H and O–H groups in total. The maximum absolute atomic E-state index is 13.3. The first-order chi connectivity index (χ1) is 16.9. The molecule has 10 heteroatoms. The number of amides is 1. The number of amidine groups is 1. The minimum Gasteiger partial charge on any atom is -0.495 e. The van der Waals surface area contributed by atoms with E-state index in [1.165, 1.54) is 23.2 Å².